The number of amides is 1. The van der Waals surface area contributed by atoms with E-state index in [1.165, 1.54) is 11.8 Å². The van der Waals surface area contributed by atoms with Crippen molar-refractivity contribution < 1.29 is 9.69 Å². The zero-order valence-electron chi connectivity index (χ0n) is 15.4. The van der Waals surface area contributed by atoms with Crippen LogP contribution in [0.3, 0.4) is 0 Å². The second-order valence-electron chi connectivity index (χ2n) is 6.53. The summed E-state index contributed by atoms with van der Waals surface area (Å²) in [5.74, 6) is 0.880. The molecule has 0 spiro atoms. The molecule has 3 rings (SSSR count). The maximum atomic E-state index is 12.8. The topological polar surface area (TPSA) is 55.5 Å². The zero-order valence-corrected chi connectivity index (χ0v) is 17.0. The summed E-state index contributed by atoms with van der Waals surface area (Å²) in [4.78, 5) is 16.3. The molecule has 1 amide bonds. The number of quaternary nitrogens is 1. The van der Waals surface area contributed by atoms with E-state index in [1.54, 1.807) is 4.90 Å². The highest BCUT2D eigenvalue weighted by atomic mass is 35.5. The van der Waals surface area contributed by atoms with Crippen LogP contribution < -0.4 is 4.90 Å². The van der Waals surface area contributed by atoms with Crippen LogP contribution in [0.5, 0.6) is 0 Å². The highest BCUT2D eigenvalue weighted by molar-refractivity contribution is 8.00. The number of likely N-dealkylation sites (N-methyl/N-ethyl adjacent to an activating group) is 1. The Kier molecular flexibility index (Phi) is 6.21. The van der Waals surface area contributed by atoms with Crippen LogP contribution in [0, 0.1) is 0 Å². The molecule has 26 heavy (non-hydrogen) atoms. The van der Waals surface area contributed by atoms with Crippen molar-refractivity contribution in [3.05, 3.63) is 29.3 Å². The minimum absolute atomic E-state index is 0.174. The zero-order chi connectivity index (χ0) is 18.7. The van der Waals surface area contributed by atoms with Crippen LogP contribution in [0.25, 0.3) is 11.4 Å². The molecule has 6 nitrogen and oxygen atoms in total. The predicted octanol–water partition coefficient (Wildman–Crippen LogP) is 1.36. The first-order valence-corrected chi connectivity index (χ1v) is 10.2. The highest BCUT2D eigenvalue weighted by Gasteiger charge is 2.28. The summed E-state index contributed by atoms with van der Waals surface area (Å²) in [5.41, 5.74) is 0.841. The molecule has 8 heteroatoms. The van der Waals surface area contributed by atoms with E-state index in [4.69, 9.17) is 11.6 Å². The fraction of sp³-hybridized carbons (Fsp3) is 0.500. The van der Waals surface area contributed by atoms with Gasteiger partial charge in [0, 0.05) is 12.6 Å². The van der Waals surface area contributed by atoms with Gasteiger partial charge in [-0.1, -0.05) is 35.5 Å². The maximum Gasteiger partial charge on any atom is 0.236 e. The van der Waals surface area contributed by atoms with E-state index in [-0.39, 0.29) is 11.2 Å². The van der Waals surface area contributed by atoms with Crippen molar-refractivity contribution in [2.75, 3.05) is 32.7 Å². The summed E-state index contributed by atoms with van der Waals surface area (Å²) >= 11 is 7.72. The molecule has 0 unspecified atom stereocenters. The van der Waals surface area contributed by atoms with Gasteiger partial charge >= 0.3 is 0 Å². The fourth-order valence-electron chi connectivity index (χ4n) is 3.16. The smallest absolute Gasteiger partial charge is 0.236 e. The first kappa shape index (κ1) is 19.2. The van der Waals surface area contributed by atoms with Crippen molar-refractivity contribution in [2.45, 2.75) is 24.3 Å². The lowest BCUT2D eigenvalue weighted by Gasteiger charge is -2.32. The van der Waals surface area contributed by atoms with Crippen LogP contribution in [-0.2, 0) is 11.8 Å². The number of benzene rings is 1. The second-order valence-corrected chi connectivity index (χ2v) is 8.25. The first-order valence-electron chi connectivity index (χ1n) is 8.94. The lowest BCUT2D eigenvalue weighted by molar-refractivity contribution is -0.902. The number of nitrogens with one attached hydrogen (secondary N) is 1. The van der Waals surface area contributed by atoms with Gasteiger partial charge in [-0.3, -0.25) is 4.79 Å². The summed E-state index contributed by atoms with van der Waals surface area (Å²) in [7, 11) is 1.90. The monoisotopic (exact) mass is 394 g/mol. The Bertz CT molecular complexity index is 773. The molecule has 0 aliphatic carbocycles. The molecular formula is C18H25ClN5OS+. The van der Waals surface area contributed by atoms with Crippen molar-refractivity contribution >= 4 is 29.3 Å². The highest BCUT2D eigenvalue weighted by Crippen LogP contribution is 2.30. The summed E-state index contributed by atoms with van der Waals surface area (Å²) in [6.07, 6.45) is 0. The molecule has 0 saturated carbocycles. The minimum atomic E-state index is -0.194. The number of carbonyl (C=O) groups excluding carboxylic acids is 1. The van der Waals surface area contributed by atoms with Crippen molar-refractivity contribution in [1.82, 2.24) is 19.7 Å². The fourth-order valence-corrected chi connectivity index (χ4v) is 4.28. The molecule has 1 N–H and O–H groups in total. The van der Waals surface area contributed by atoms with Crippen molar-refractivity contribution in [1.29, 1.82) is 0 Å². The normalized spacial score (nSPS) is 16.7. The van der Waals surface area contributed by atoms with Gasteiger partial charge in [0.2, 0.25) is 5.91 Å². The second kappa shape index (κ2) is 8.41. The molecule has 0 radical (unpaired) electrons. The van der Waals surface area contributed by atoms with E-state index < -0.39 is 0 Å². The largest absolute Gasteiger partial charge is 0.332 e. The Hall–Kier alpha value is -1.57. The number of rotatable bonds is 5. The van der Waals surface area contributed by atoms with E-state index in [9.17, 15) is 4.79 Å². The molecule has 2 heterocycles. The van der Waals surface area contributed by atoms with Gasteiger partial charge in [0.05, 0.1) is 43.0 Å². The summed E-state index contributed by atoms with van der Waals surface area (Å²) < 4.78 is 1.90. The molecule has 2 aromatic rings. The first-order chi connectivity index (χ1) is 12.5. The van der Waals surface area contributed by atoms with Gasteiger partial charge < -0.3 is 14.4 Å². The number of halogens is 1. The average molecular weight is 395 g/mol. The predicted molar refractivity (Wildman–Crippen MR) is 105 cm³/mol. The quantitative estimate of drug-likeness (QED) is 0.778. The lowest BCUT2D eigenvalue weighted by atomic mass is 10.2. The summed E-state index contributed by atoms with van der Waals surface area (Å²) in [6.45, 7) is 8.97. The van der Waals surface area contributed by atoms with E-state index in [0.29, 0.717) is 10.8 Å². The molecule has 0 bridgehead atoms. The Morgan fingerprint density at radius 3 is 2.65 bits per heavy atom. The van der Waals surface area contributed by atoms with Crippen LogP contribution in [-0.4, -0.2) is 63.5 Å². The Labute approximate surface area is 163 Å². The molecular weight excluding hydrogens is 370 g/mol. The molecule has 1 saturated heterocycles. The molecule has 1 atom stereocenters. The van der Waals surface area contributed by atoms with E-state index in [0.717, 1.165) is 43.4 Å². The van der Waals surface area contributed by atoms with E-state index >= 15 is 0 Å². The molecule has 1 aromatic heterocycles. The standard InChI is InChI=1S/C18H24ClN5OS/c1-4-23-9-11-24(12-10-23)17(25)13(2)26-18-21-20-16(22(18)3)14-7-5-6-8-15(14)19/h5-8,13H,4,9-12H2,1-3H3/p+1/t13-/m1/s1. The summed E-state index contributed by atoms with van der Waals surface area (Å²) in [5, 5.41) is 9.71. The average Bonchev–Trinajstić information content (AvgIpc) is 3.02. The van der Waals surface area contributed by atoms with E-state index in [1.807, 2.05) is 47.7 Å². The number of aromatic nitrogens is 3. The molecule has 1 fully saturated rings. The van der Waals surface area contributed by atoms with Gasteiger partial charge in [-0.15, -0.1) is 10.2 Å². The number of nitrogens with zero attached hydrogens (tertiary/aromatic N) is 4. The van der Waals surface area contributed by atoms with Crippen LogP contribution in [0.2, 0.25) is 5.02 Å². The van der Waals surface area contributed by atoms with Crippen LogP contribution in [0.1, 0.15) is 13.8 Å². The van der Waals surface area contributed by atoms with Gasteiger partial charge in [-0.25, -0.2) is 0 Å². The Balaban J connectivity index is 1.68. The number of carbonyl (C=O) groups is 1. The number of thioether (sulfide) groups is 1. The van der Waals surface area contributed by atoms with Gasteiger partial charge in [-0.2, -0.15) is 0 Å². The number of hydrogen-bond acceptors (Lipinski definition) is 4. The molecule has 140 valence electrons. The van der Waals surface area contributed by atoms with Gasteiger partial charge in [0.15, 0.2) is 11.0 Å². The van der Waals surface area contributed by atoms with Gasteiger partial charge in [-0.05, 0) is 26.0 Å². The third-order valence-electron chi connectivity index (χ3n) is 4.86. The van der Waals surface area contributed by atoms with Crippen molar-refractivity contribution in [3.8, 4) is 11.4 Å². The maximum absolute atomic E-state index is 12.8. The Morgan fingerprint density at radius 2 is 2.00 bits per heavy atom. The SMILES string of the molecule is CC[NH+]1CCN(C(=O)[C@@H](C)Sc2nnc(-c3ccccc3Cl)n2C)CC1. The lowest BCUT2D eigenvalue weighted by Crippen LogP contribution is -3.14. The Morgan fingerprint density at radius 1 is 1.31 bits per heavy atom. The van der Waals surface area contributed by atoms with Crippen molar-refractivity contribution in [2.24, 2.45) is 7.05 Å². The van der Waals surface area contributed by atoms with Gasteiger partial charge in [0.1, 0.15) is 0 Å². The third kappa shape index (κ3) is 4.05. The van der Waals surface area contributed by atoms with Crippen LogP contribution in [0.15, 0.2) is 29.4 Å². The molecule has 1 aliphatic heterocycles. The van der Waals surface area contributed by atoms with Crippen LogP contribution >= 0.6 is 23.4 Å². The van der Waals surface area contributed by atoms with Gasteiger partial charge in [0.25, 0.3) is 0 Å². The van der Waals surface area contributed by atoms with E-state index in [2.05, 4.69) is 17.1 Å². The van der Waals surface area contributed by atoms with Crippen LogP contribution in [0.4, 0.5) is 0 Å². The molecule has 1 aromatic carbocycles. The number of hydrogen-bond donors (Lipinski definition) is 1. The van der Waals surface area contributed by atoms with Crippen molar-refractivity contribution in [3.63, 3.8) is 0 Å². The minimum Gasteiger partial charge on any atom is -0.332 e. The third-order valence-corrected chi connectivity index (χ3v) is 6.31. The summed E-state index contributed by atoms with van der Waals surface area (Å²) in [6, 6.07) is 7.57. The number of piperazine rings is 1. The molecule has 1 aliphatic rings.